The van der Waals surface area contributed by atoms with Crippen LogP contribution in [-0.4, -0.2) is 19.7 Å². The summed E-state index contributed by atoms with van der Waals surface area (Å²) in [5, 5.41) is 7.32. The van der Waals surface area contributed by atoms with Crippen LogP contribution < -0.4 is 0 Å². The Hall–Kier alpha value is -2.73. The van der Waals surface area contributed by atoms with Crippen LogP contribution in [0.4, 0.5) is 0 Å². The van der Waals surface area contributed by atoms with Crippen LogP contribution in [0.1, 0.15) is 11.5 Å². The van der Waals surface area contributed by atoms with E-state index < -0.39 is 0 Å². The topological polar surface area (TPSA) is 56.7 Å². The molecule has 4 aromatic rings. The molecule has 0 aliphatic carbocycles. The van der Waals surface area contributed by atoms with Crippen LogP contribution in [0.5, 0.6) is 0 Å². The Kier molecular flexibility index (Phi) is 3.08. The fourth-order valence-electron chi connectivity index (χ4n) is 2.26. The van der Waals surface area contributed by atoms with E-state index in [2.05, 4.69) is 32.6 Å². The molecule has 4 rings (SSSR count). The molecular weight excluding hydrogens is 296 g/mol. The van der Waals surface area contributed by atoms with E-state index in [4.69, 9.17) is 4.52 Å². The van der Waals surface area contributed by atoms with Gasteiger partial charge in [-0.2, -0.15) is 4.98 Å². The van der Waals surface area contributed by atoms with Gasteiger partial charge in [-0.1, -0.05) is 23.4 Å². The Bertz CT molecular complexity index is 963. The minimum Gasteiger partial charge on any atom is -0.334 e. The molecule has 0 amide bonds. The summed E-state index contributed by atoms with van der Waals surface area (Å²) in [5.74, 6) is 1.64. The quantitative estimate of drug-likeness (QED) is 0.577. The highest BCUT2D eigenvalue weighted by atomic mass is 32.1. The number of aromatic nitrogens is 4. The molecule has 0 atom stereocenters. The van der Waals surface area contributed by atoms with Crippen molar-refractivity contribution in [2.45, 2.75) is 0 Å². The number of thiophene rings is 1. The molecule has 3 aromatic heterocycles. The zero-order chi connectivity index (χ0) is 14.9. The summed E-state index contributed by atoms with van der Waals surface area (Å²) in [6, 6.07) is 8.31. The molecule has 3 heterocycles. The van der Waals surface area contributed by atoms with Crippen LogP contribution in [-0.2, 0) is 7.05 Å². The summed E-state index contributed by atoms with van der Waals surface area (Å²) in [7, 11) is 1.89. The molecule has 0 N–H and O–H groups in total. The lowest BCUT2D eigenvalue weighted by Gasteiger charge is -1.92. The first kappa shape index (κ1) is 13.0. The SMILES string of the molecule is Cn1ccnc1-c1noc(/C=C/c2csc3ccccc23)n1. The number of fused-ring (bicyclic) bond motifs is 1. The molecule has 0 aliphatic rings. The number of benzene rings is 1. The second kappa shape index (κ2) is 5.23. The van der Waals surface area contributed by atoms with Crippen LogP contribution in [0.3, 0.4) is 0 Å². The molecule has 5 nitrogen and oxygen atoms in total. The summed E-state index contributed by atoms with van der Waals surface area (Å²) in [6.45, 7) is 0. The minimum absolute atomic E-state index is 0.466. The number of rotatable bonds is 3. The van der Waals surface area contributed by atoms with Gasteiger partial charge in [0.1, 0.15) is 0 Å². The third kappa shape index (κ3) is 2.23. The number of imidazole rings is 1. The zero-order valence-corrected chi connectivity index (χ0v) is 12.6. The minimum atomic E-state index is 0.466. The van der Waals surface area contributed by atoms with Crippen LogP contribution in [0.15, 0.2) is 46.6 Å². The maximum Gasteiger partial charge on any atom is 0.251 e. The van der Waals surface area contributed by atoms with Gasteiger partial charge in [-0.15, -0.1) is 11.3 Å². The van der Waals surface area contributed by atoms with Gasteiger partial charge >= 0.3 is 0 Å². The number of hydrogen-bond acceptors (Lipinski definition) is 5. The van der Waals surface area contributed by atoms with E-state index in [1.165, 1.54) is 10.1 Å². The van der Waals surface area contributed by atoms with Gasteiger partial charge in [-0.05, 0) is 28.5 Å². The molecule has 0 saturated heterocycles. The molecule has 0 aliphatic heterocycles. The van der Waals surface area contributed by atoms with Crippen LogP contribution in [0.25, 0.3) is 33.9 Å². The van der Waals surface area contributed by atoms with Gasteiger partial charge in [0.2, 0.25) is 5.82 Å². The summed E-state index contributed by atoms with van der Waals surface area (Å²) in [5.41, 5.74) is 1.15. The van der Waals surface area contributed by atoms with Gasteiger partial charge in [0.25, 0.3) is 5.89 Å². The van der Waals surface area contributed by atoms with E-state index in [9.17, 15) is 0 Å². The molecule has 0 bridgehead atoms. The summed E-state index contributed by atoms with van der Waals surface area (Å²) >= 11 is 1.72. The number of hydrogen-bond donors (Lipinski definition) is 0. The smallest absolute Gasteiger partial charge is 0.251 e. The fraction of sp³-hybridized carbons (Fsp3) is 0.0625. The first-order valence-electron chi connectivity index (χ1n) is 6.77. The zero-order valence-electron chi connectivity index (χ0n) is 11.8. The standard InChI is InChI=1S/C16H12N4OS/c1-20-9-8-17-16(20)15-18-14(21-19-15)7-6-11-10-22-13-5-3-2-4-12(11)13/h2-10H,1H3/b7-6+. The number of nitrogens with zero attached hydrogens (tertiary/aromatic N) is 4. The van der Waals surface area contributed by atoms with Gasteiger partial charge in [-0.25, -0.2) is 4.98 Å². The van der Waals surface area contributed by atoms with Gasteiger partial charge < -0.3 is 9.09 Å². The van der Waals surface area contributed by atoms with Gasteiger partial charge in [-0.3, -0.25) is 0 Å². The Labute approximate surface area is 130 Å². The van der Waals surface area contributed by atoms with Crippen molar-refractivity contribution in [2.24, 2.45) is 7.05 Å². The molecule has 6 heteroatoms. The van der Waals surface area contributed by atoms with Gasteiger partial charge in [0.15, 0.2) is 5.82 Å². The summed E-state index contributed by atoms with van der Waals surface area (Å²) in [4.78, 5) is 8.55. The van der Waals surface area contributed by atoms with E-state index >= 15 is 0 Å². The monoisotopic (exact) mass is 308 g/mol. The Morgan fingerprint density at radius 3 is 3.00 bits per heavy atom. The van der Waals surface area contributed by atoms with E-state index in [1.54, 1.807) is 17.5 Å². The largest absolute Gasteiger partial charge is 0.334 e. The maximum absolute atomic E-state index is 5.26. The van der Waals surface area contributed by atoms with Crippen molar-refractivity contribution in [1.29, 1.82) is 0 Å². The van der Waals surface area contributed by atoms with Crippen molar-refractivity contribution in [3.63, 3.8) is 0 Å². The van der Waals surface area contributed by atoms with Crippen molar-refractivity contribution < 1.29 is 4.52 Å². The van der Waals surface area contributed by atoms with Crippen molar-refractivity contribution in [3.05, 3.63) is 53.5 Å². The van der Waals surface area contributed by atoms with Crippen molar-refractivity contribution in [1.82, 2.24) is 19.7 Å². The lowest BCUT2D eigenvalue weighted by Crippen LogP contribution is -1.92. The second-order valence-corrected chi connectivity index (χ2v) is 5.75. The average Bonchev–Trinajstić information content (AvgIpc) is 3.24. The molecule has 0 spiro atoms. The predicted octanol–water partition coefficient (Wildman–Crippen LogP) is 3.86. The third-order valence-electron chi connectivity index (χ3n) is 3.38. The molecule has 0 fully saturated rings. The van der Waals surface area contributed by atoms with Crippen LogP contribution >= 0.6 is 11.3 Å². The van der Waals surface area contributed by atoms with Gasteiger partial charge in [0.05, 0.1) is 0 Å². The van der Waals surface area contributed by atoms with Gasteiger partial charge in [0, 0.05) is 30.2 Å². The molecule has 0 radical (unpaired) electrons. The number of aryl methyl sites for hydroxylation is 1. The molecule has 22 heavy (non-hydrogen) atoms. The lowest BCUT2D eigenvalue weighted by atomic mass is 10.2. The van der Waals surface area contributed by atoms with Crippen molar-refractivity contribution in [3.8, 4) is 11.6 Å². The highest BCUT2D eigenvalue weighted by molar-refractivity contribution is 7.17. The molecule has 0 saturated carbocycles. The van der Waals surface area contributed by atoms with Crippen molar-refractivity contribution in [2.75, 3.05) is 0 Å². The fourth-order valence-corrected chi connectivity index (χ4v) is 3.19. The maximum atomic E-state index is 5.26. The van der Waals surface area contributed by atoms with Crippen LogP contribution in [0, 0.1) is 0 Å². The lowest BCUT2D eigenvalue weighted by molar-refractivity contribution is 0.411. The highest BCUT2D eigenvalue weighted by Gasteiger charge is 2.10. The third-order valence-corrected chi connectivity index (χ3v) is 4.36. The first-order valence-corrected chi connectivity index (χ1v) is 7.65. The van der Waals surface area contributed by atoms with Crippen LogP contribution in [0.2, 0.25) is 0 Å². The van der Waals surface area contributed by atoms with E-state index in [-0.39, 0.29) is 0 Å². The molecular formula is C16H12N4OS. The Balaban J connectivity index is 1.64. The molecule has 108 valence electrons. The van der Waals surface area contributed by atoms with Crippen molar-refractivity contribution >= 4 is 33.6 Å². The molecule has 0 unspecified atom stereocenters. The first-order chi connectivity index (χ1) is 10.8. The normalized spacial score (nSPS) is 11.7. The van der Waals surface area contributed by atoms with E-state index in [0.29, 0.717) is 17.5 Å². The predicted molar refractivity (Wildman–Crippen MR) is 87.3 cm³/mol. The average molecular weight is 308 g/mol. The summed E-state index contributed by atoms with van der Waals surface area (Å²) < 4.78 is 8.37. The summed E-state index contributed by atoms with van der Waals surface area (Å²) in [6.07, 6.45) is 7.37. The van der Waals surface area contributed by atoms with E-state index in [0.717, 1.165) is 5.56 Å². The Morgan fingerprint density at radius 2 is 2.14 bits per heavy atom. The second-order valence-electron chi connectivity index (χ2n) is 4.84. The highest BCUT2D eigenvalue weighted by Crippen LogP contribution is 2.27. The van der Waals surface area contributed by atoms with E-state index in [1.807, 2.05) is 42.1 Å². The molecule has 1 aromatic carbocycles. The Morgan fingerprint density at radius 1 is 1.23 bits per heavy atom.